The molecule has 1 aromatic carbocycles. The van der Waals surface area contributed by atoms with Crippen LogP contribution in [0, 0.1) is 0 Å². The van der Waals surface area contributed by atoms with Gasteiger partial charge in [-0.15, -0.1) is 0 Å². The molecule has 0 aromatic heterocycles. The van der Waals surface area contributed by atoms with Crippen molar-refractivity contribution < 1.29 is 14.3 Å². The highest BCUT2D eigenvalue weighted by Crippen LogP contribution is 2.14. The first-order valence-electron chi connectivity index (χ1n) is 6.91. The van der Waals surface area contributed by atoms with Gasteiger partial charge in [-0.3, -0.25) is 4.79 Å². The van der Waals surface area contributed by atoms with Crippen molar-refractivity contribution in [2.45, 2.75) is 19.8 Å². The maximum absolute atomic E-state index is 12.2. The SMILES string of the molecule is CCCCOc1ccc(C(=O)N2CCOCC2)cc1. The summed E-state index contributed by atoms with van der Waals surface area (Å²) in [5, 5.41) is 0. The lowest BCUT2D eigenvalue weighted by atomic mass is 10.2. The molecule has 104 valence electrons. The lowest BCUT2D eigenvalue weighted by molar-refractivity contribution is 0.0303. The molecule has 1 aromatic rings. The molecular weight excluding hydrogens is 242 g/mol. The number of carbonyl (C=O) groups excluding carboxylic acids is 1. The summed E-state index contributed by atoms with van der Waals surface area (Å²) in [4.78, 5) is 14.0. The Morgan fingerprint density at radius 1 is 1.26 bits per heavy atom. The van der Waals surface area contributed by atoms with Crippen molar-refractivity contribution >= 4 is 5.91 Å². The van der Waals surface area contributed by atoms with Gasteiger partial charge in [0.1, 0.15) is 5.75 Å². The molecule has 4 nitrogen and oxygen atoms in total. The predicted octanol–water partition coefficient (Wildman–Crippen LogP) is 2.34. The minimum Gasteiger partial charge on any atom is -0.494 e. The highest BCUT2D eigenvalue weighted by molar-refractivity contribution is 5.94. The summed E-state index contributed by atoms with van der Waals surface area (Å²) >= 11 is 0. The Balaban J connectivity index is 1.91. The second-order valence-corrected chi connectivity index (χ2v) is 4.63. The van der Waals surface area contributed by atoms with Gasteiger partial charge in [0.05, 0.1) is 19.8 Å². The van der Waals surface area contributed by atoms with Crippen LogP contribution >= 0.6 is 0 Å². The molecule has 4 heteroatoms. The smallest absolute Gasteiger partial charge is 0.254 e. The maximum Gasteiger partial charge on any atom is 0.254 e. The monoisotopic (exact) mass is 263 g/mol. The molecule has 0 saturated carbocycles. The van der Waals surface area contributed by atoms with Crippen LogP contribution in [-0.4, -0.2) is 43.7 Å². The molecular formula is C15H21NO3. The normalized spacial score (nSPS) is 15.3. The summed E-state index contributed by atoms with van der Waals surface area (Å²) in [6.07, 6.45) is 2.17. The second kappa shape index (κ2) is 7.14. The summed E-state index contributed by atoms with van der Waals surface area (Å²) in [7, 11) is 0. The van der Waals surface area contributed by atoms with Gasteiger partial charge >= 0.3 is 0 Å². The van der Waals surface area contributed by atoms with Gasteiger partial charge in [-0.05, 0) is 30.7 Å². The van der Waals surface area contributed by atoms with E-state index in [0.29, 0.717) is 31.9 Å². The van der Waals surface area contributed by atoms with E-state index in [1.165, 1.54) is 0 Å². The largest absolute Gasteiger partial charge is 0.494 e. The van der Waals surface area contributed by atoms with E-state index in [-0.39, 0.29) is 5.91 Å². The summed E-state index contributed by atoms with van der Waals surface area (Å²) in [5.74, 6) is 0.899. The third-order valence-corrected chi connectivity index (χ3v) is 3.17. The zero-order valence-corrected chi connectivity index (χ0v) is 11.4. The predicted molar refractivity (Wildman–Crippen MR) is 73.6 cm³/mol. The van der Waals surface area contributed by atoms with Gasteiger partial charge in [0.25, 0.3) is 5.91 Å². The summed E-state index contributed by atoms with van der Waals surface area (Å²) in [6, 6.07) is 7.39. The Kier molecular flexibility index (Phi) is 5.21. The van der Waals surface area contributed by atoms with Gasteiger partial charge < -0.3 is 14.4 Å². The van der Waals surface area contributed by atoms with Crippen LogP contribution < -0.4 is 4.74 Å². The minimum atomic E-state index is 0.0726. The highest BCUT2D eigenvalue weighted by atomic mass is 16.5. The van der Waals surface area contributed by atoms with Crippen LogP contribution in [0.1, 0.15) is 30.1 Å². The van der Waals surface area contributed by atoms with Crippen molar-refractivity contribution in [2.24, 2.45) is 0 Å². The Bertz CT molecular complexity index is 396. The molecule has 1 aliphatic rings. The third kappa shape index (κ3) is 3.96. The average Bonchev–Trinajstić information content (AvgIpc) is 2.48. The topological polar surface area (TPSA) is 38.8 Å². The number of morpholine rings is 1. The van der Waals surface area contributed by atoms with Crippen LogP contribution in [0.3, 0.4) is 0 Å². The lowest BCUT2D eigenvalue weighted by Crippen LogP contribution is -2.40. The molecule has 0 unspecified atom stereocenters. The van der Waals surface area contributed by atoms with Crippen LogP contribution in [0.5, 0.6) is 5.75 Å². The quantitative estimate of drug-likeness (QED) is 0.765. The van der Waals surface area contributed by atoms with Gasteiger partial charge in [0.2, 0.25) is 0 Å². The van der Waals surface area contributed by atoms with Crippen LogP contribution in [0.2, 0.25) is 0 Å². The first-order chi connectivity index (χ1) is 9.31. The first-order valence-corrected chi connectivity index (χ1v) is 6.91. The number of benzene rings is 1. The average molecular weight is 263 g/mol. The fraction of sp³-hybridized carbons (Fsp3) is 0.533. The van der Waals surface area contributed by atoms with E-state index in [2.05, 4.69) is 6.92 Å². The number of rotatable bonds is 5. The molecule has 1 fully saturated rings. The molecule has 1 heterocycles. The van der Waals surface area contributed by atoms with Gasteiger partial charge in [0, 0.05) is 18.7 Å². The van der Waals surface area contributed by atoms with Gasteiger partial charge in [0.15, 0.2) is 0 Å². The standard InChI is InChI=1S/C15H21NO3/c1-2-3-10-19-14-6-4-13(5-7-14)15(17)16-8-11-18-12-9-16/h4-7H,2-3,8-12H2,1H3. The Morgan fingerprint density at radius 3 is 2.58 bits per heavy atom. The van der Waals surface area contributed by atoms with Crippen molar-refractivity contribution in [3.63, 3.8) is 0 Å². The molecule has 19 heavy (non-hydrogen) atoms. The van der Waals surface area contributed by atoms with Crippen LogP contribution in [-0.2, 0) is 4.74 Å². The third-order valence-electron chi connectivity index (χ3n) is 3.17. The zero-order chi connectivity index (χ0) is 13.5. The molecule has 0 spiro atoms. The fourth-order valence-electron chi connectivity index (χ4n) is 1.98. The molecule has 0 aliphatic carbocycles. The first kappa shape index (κ1) is 13.9. The van der Waals surface area contributed by atoms with E-state index in [1.54, 1.807) is 0 Å². The molecule has 0 atom stereocenters. The van der Waals surface area contributed by atoms with Crippen molar-refractivity contribution in [1.82, 2.24) is 4.90 Å². The lowest BCUT2D eigenvalue weighted by Gasteiger charge is -2.26. The van der Waals surface area contributed by atoms with Crippen molar-refractivity contribution in [3.8, 4) is 5.75 Å². The molecule has 1 saturated heterocycles. The summed E-state index contributed by atoms with van der Waals surface area (Å²) in [6.45, 7) is 5.47. The van der Waals surface area contributed by atoms with Gasteiger partial charge in [-0.2, -0.15) is 0 Å². The van der Waals surface area contributed by atoms with E-state index in [1.807, 2.05) is 29.2 Å². The zero-order valence-electron chi connectivity index (χ0n) is 11.4. The van der Waals surface area contributed by atoms with Gasteiger partial charge in [-0.25, -0.2) is 0 Å². The van der Waals surface area contributed by atoms with Crippen LogP contribution in [0.4, 0.5) is 0 Å². The van der Waals surface area contributed by atoms with Crippen molar-refractivity contribution in [3.05, 3.63) is 29.8 Å². The number of carbonyl (C=O) groups is 1. The van der Waals surface area contributed by atoms with Gasteiger partial charge in [-0.1, -0.05) is 13.3 Å². The number of hydrogen-bond donors (Lipinski definition) is 0. The molecule has 1 amide bonds. The number of ether oxygens (including phenoxy) is 2. The molecule has 0 radical (unpaired) electrons. The number of nitrogens with zero attached hydrogens (tertiary/aromatic N) is 1. The van der Waals surface area contributed by atoms with Crippen molar-refractivity contribution in [2.75, 3.05) is 32.9 Å². The Labute approximate surface area is 114 Å². The maximum atomic E-state index is 12.2. The van der Waals surface area contributed by atoms with E-state index in [9.17, 15) is 4.79 Å². The van der Waals surface area contributed by atoms with E-state index < -0.39 is 0 Å². The summed E-state index contributed by atoms with van der Waals surface area (Å²) < 4.78 is 10.8. The fourth-order valence-corrected chi connectivity index (χ4v) is 1.98. The Hall–Kier alpha value is -1.55. The highest BCUT2D eigenvalue weighted by Gasteiger charge is 2.18. The molecule has 2 rings (SSSR count). The number of amides is 1. The molecule has 0 bridgehead atoms. The summed E-state index contributed by atoms with van der Waals surface area (Å²) in [5.41, 5.74) is 0.713. The van der Waals surface area contributed by atoms with E-state index in [4.69, 9.17) is 9.47 Å². The molecule has 1 aliphatic heterocycles. The Morgan fingerprint density at radius 2 is 1.95 bits per heavy atom. The molecule has 0 N–H and O–H groups in total. The van der Waals surface area contributed by atoms with Crippen LogP contribution in [0.15, 0.2) is 24.3 Å². The van der Waals surface area contributed by atoms with Crippen LogP contribution in [0.25, 0.3) is 0 Å². The number of hydrogen-bond acceptors (Lipinski definition) is 3. The van der Waals surface area contributed by atoms with Crippen molar-refractivity contribution in [1.29, 1.82) is 0 Å². The number of unbranched alkanes of at least 4 members (excludes halogenated alkanes) is 1. The van der Waals surface area contributed by atoms with E-state index in [0.717, 1.165) is 25.2 Å². The minimum absolute atomic E-state index is 0.0726. The second-order valence-electron chi connectivity index (χ2n) is 4.63. The van der Waals surface area contributed by atoms with E-state index >= 15 is 0 Å².